The summed E-state index contributed by atoms with van der Waals surface area (Å²) in [4.78, 5) is 25.5. The minimum atomic E-state index is -0.925. The number of carbonyl (C=O) groups excluding carboxylic acids is 1. The van der Waals surface area contributed by atoms with Crippen LogP contribution in [0.2, 0.25) is 0 Å². The highest BCUT2D eigenvalue weighted by Gasteiger charge is 2.30. The number of ether oxygens (including phenoxy) is 1. The van der Waals surface area contributed by atoms with Gasteiger partial charge in [-0.25, -0.2) is 0 Å². The lowest BCUT2D eigenvalue weighted by atomic mass is 10.0. The number of nitrogens with zero attached hydrogens (tertiary/aromatic N) is 1. The molecule has 1 aliphatic heterocycles. The third kappa shape index (κ3) is 2.80. The molecule has 2 aromatic rings. The van der Waals surface area contributed by atoms with Crippen LogP contribution in [0.1, 0.15) is 16.8 Å². The van der Waals surface area contributed by atoms with Gasteiger partial charge in [0, 0.05) is 12.1 Å². The summed E-state index contributed by atoms with van der Waals surface area (Å²) in [7, 11) is 0. The molecular formula is C17H17NO4. The van der Waals surface area contributed by atoms with Crippen LogP contribution in [0, 0.1) is 0 Å². The van der Waals surface area contributed by atoms with Gasteiger partial charge in [0.15, 0.2) is 0 Å². The Morgan fingerprint density at radius 2 is 1.95 bits per heavy atom. The fraction of sp³-hybridized carbons (Fsp3) is 0.294. The smallest absolute Gasteiger partial charge is 0.305 e. The van der Waals surface area contributed by atoms with Crippen molar-refractivity contribution in [1.82, 2.24) is 4.90 Å². The highest BCUT2D eigenvalue weighted by atomic mass is 16.5. The van der Waals surface area contributed by atoms with Gasteiger partial charge in [-0.2, -0.15) is 0 Å². The van der Waals surface area contributed by atoms with E-state index in [1.54, 1.807) is 11.0 Å². The molecule has 0 saturated carbocycles. The molecular weight excluding hydrogens is 282 g/mol. The maximum atomic E-state index is 12.9. The Hall–Kier alpha value is -2.40. The Morgan fingerprint density at radius 3 is 2.77 bits per heavy atom. The van der Waals surface area contributed by atoms with Gasteiger partial charge in [0.05, 0.1) is 25.7 Å². The number of carbonyl (C=O) groups is 2. The lowest BCUT2D eigenvalue weighted by Gasteiger charge is -2.35. The monoisotopic (exact) mass is 299 g/mol. The lowest BCUT2D eigenvalue weighted by Crippen LogP contribution is -2.49. The molecule has 3 rings (SSSR count). The van der Waals surface area contributed by atoms with Crippen LogP contribution in [0.25, 0.3) is 10.8 Å². The van der Waals surface area contributed by atoms with Crippen molar-refractivity contribution < 1.29 is 19.4 Å². The topological polar surface area (TPSA) is 66.8 Å². The normalized spacial score (nSPS) is 18.4. The number of aliphatic carboxylic acids is 1. The van der Waals surface area contributed by atoms with Crippen molar-refractivity contribution in [3.8, 4) is 0 Å². The molecule has 0 radical (unpaired) electrons. The molecule has 22 heavy (non-hydrogen) atoms. The molecule has 1 atom stereocenters. The second-order valence-electron chi connectivity index (χ2n) is 5.35. The molecule has 1 fully saturated rings. The zero-order chi connectivity index (χ0) is 15.5. The fourth-order valence-corrected chi connectivity index (χ4v) is 2.86. The molecule has 114 valence electrons. The molecule has 0 aliphatic carbocycles. The van der Waals surface area contributed by atoms with Gasteiger partial charge in [-0.1, -0.05) is 36.4 Å². The van der Waals surface area contributed by atoms with Crippen molar-refractivity contribution in [2.75, 3.05) is 19.8 Å². The molecule has 0 spiro atoms. The number of fused-ring (bicyclic) bond motifs is 1. The van der Waals surface area contributed by atoms with Crippen molar-refractivity contribution in [2.45, 2.75) is 12.5 Å². The minimum Gasteiger partial charge on any atom is -0.481 e. The first-order chi connectivity index (χ1) is 10.7. The summed E-state index contributed by atoms with van der Waals surface area (Å²) in [5, 5.41) is 10.9. The van der Waals surface area contributed by atoms with Gasteiger partial charge in [-0.05, 0) is 16.8 Å². The number of rotatable bonds is 3. The van der Waals surface area contributed by atoms with Crippen molar-refractivity contribution in [1.29, 1.82) is 0 Å². The Morgan fingerprint density at radius 1 is 1.18 bits per heavy atom. The van der Waals surface area contributed by atoms with Crippen molar-refractivity contribution in [3.63, 3.8) is 0 Å². The van der Waals surface area contributed by atoms with E-state index in [1.807, 2.05) is 36.4 Å². The van der Waals surface area contributed by atoms with E-state index in [9.17, 15) is 9.59 Å². The summed E-state index contributed by atoms with van der Waals surface area (Å²) in [6.45, 7) is 1.12. The van der Waals surface area contributed by atoms with Gasteiger partial charge in [0.2, 0.25) is 0 Å². The van der Waals surface area contributed by atoms with Crippen LogP contribution in [0.15, 0.2) is 42.5 Å². The van der Waals surface area contributed by atoms with Crippen LogP contribution >= 0.6 is 0 Å². The zero-order valence-corrected chi connectivity index (χ0v) is 12.1. The minimum absolute atomic E-state index is 0.101. The molecule has 1 amide bonds. The summed E-state index contributed by atoms with van der Waals surface area (Å²) in [6, 6.07) is 12.9. The van der Waals surface area contributed by atoms with Gasteiger partial charge in [0.25, 0.3) is 5.91 Å². The summed E-state index contributed by atoms with van der Waals surface area (Å²) >= 11 is 0. The molecule has 0 bridgehead atoms. The number of carboxylic acid groups (broad SMARTS) is 1. The first-order valence-corrected chi connectivity index (χ1v) is 7.25. The zero-order valence-electron chi connectivity index (χ0n) is 12.1. The van der Waals surface area contributed by atoms with Gasteiger partial charge < -0.3 is 14.7 Å². The summed E-state index contributed by atoms with van der Waals surface area (Å²) in [6.07, 6.45) is -0.101. The average Bonchev–Trinajstić information content (AvgIpc) is 2.54. The van der Waals surface area contributed by atoms with Crippen LogP contribution in [-0.2, 0) is 9.53 Å². The Kier molecular flexibility index (Phi) is 4.06. The largest absolute Gasteiger partial charge is 0.481 e. The van der Waals surface area contributed by atoms with Crippen LogP contribution in [-0.4, -0.2) is 47.7 Å². The van der Waals surface area contributed by atoms with Crippen LogP contribution < -0.4 is 0 Å². The average molecular weight is 299 g/mol. The molecule has 5 heteroatoms. The van der Waals surface area contributed by atoms with Gasteiger partial charge in [-0.3, -0.25) is 9.59 Å². The maximum Gasteiger partial charge on any atom is 0.305 e. The molecule has 1 saturated heterocycles. The third-order valence-corrected chi connectivity index (χ3v) is 3.92. The summed E-state index contributed by atoms with van der Waals surface area (Å²) in [5.41, 5.74) is 0.607. The van der Waals surface area contributed by atoms with Crippen LogP contribution in [0.5, 0.6) is 0 Å². The van der Waals surface area contributed by atoms with E-state index < -0.39 is 12.0 Å². The second kappa shape index (κ2) is 6.15. The van der Waals surface area contributed by atoms with E-state index in [1.165, 1.54) is 0 Å². The number of benzene rings is 2. The van der Waals surface area contributed by atoms with Crippen LogP contribution in [0.4, 0.5) is 0 Å². The number of carboxylic acids is 1. The van der Waals surface area contributed by atoms with E-state index in [2.05, 4.69) is 0 Å². The van der Waals surface area contributed by atoms with E-state index in [0.717, 1.165) is 10.8 Å². The molecule has 1 unspecified atom stereocenters. The highest BCUT2D eigenvalue weighted by molar-refractivity contribution is 6.07. The Bertz CT molecular complexity index is 707. The molecule has 1 heterocycles. The third-order valence-electron chi connectivity index (χ3n) is 3.92. The van der Waals surface area contributed by atoms with E-state index in [4.69, 9.17) is 9.84 Å². The van der Waals surface area contributed by atoms with Gasteiger partial charge in [-0.15, -0.1) is 0 Å². The Balaban J connectivity index is 1.95. The van der Waals surface area contributed by atoms with E-state index >= 15 is 0 Å². The number of hydrogen-bond donors (Lipinski definition) is 1. The standard InChI is InChI=1S/C17H17NO4/c19-16(20)10-13-11-22-9-8-18(13)17(21)15-7-3-5-12-4-1-2-6-14(12)15/h1-7,13H,8-11H2,(H,19,20). The number of hydrogen-bond acceptors (Lipinski definition) is 3. The number of amides is 1. The van der Waals surface area contributed by atoms with E-state index in [0.29, 0.717) is 18.7 Å². The Labute approximate surface area is 128 Å². The fourth-order valence-electron chi connectivity index (χ4n) is 2.86. The second-order valence-corrected chi connectivity index (χ2v) is 5.35. The first-order valence-electron chi connectivity index (χ1n) is 7.25. The van der Waals surface area contributed by atoms with Crippen molar-refractivity contribution in [3.05, 3.63) is 48.0 Å². The van der Waals surface area contributed by atoms with Crippen LogP contribution in [0.3, 0.4) is 0 Å². The maximum absolute atomic E-state index is 12.9. The predicted molar refractivity (Wildman–Crippen MR) is 81.8 cm³/mol. The number of morpholine rings is 1. The van der Waals surface area contributed by atoms with Gasteiger partial charge >= 0.3 is 5.97 Å². The first kappa shape index (κ1) is 14.5. The molecule has 5 nitrogen and oxygen atoms in total. The predicted octanol–water partition coefficient (Wildman–Crippen LogP) is 2.16. The highest BCUT2D eigenvalue weighted by Crippen LogP contribution is 2.22. The lowest BCUT2D eigenvalue weighted by molar-refractivity contribution is -0.139. The molecule has 2 aromatic carbocycles. The van der Waals surface area contributed by atoms with Crippen molar-refractivity contribution in [2.24, 2.45) is 0 Å². The summed E-state index contributed by atoms with van der Waals surface area (Å²) in [5.74, 6) is -1.06. The SMILES string of the molecule is O=C(O)CC1COCCN1C(=O)c1cccc2ccccc12. The van der Waals surface area contributed by atoms with Crippen molar-refractivity contribution >= 4 is 22.6 Å². The van der Waals surface area contributed by atoms with Gasteiger partial charge in [0.1, 0.15) is 0 Å². The molecule has 0 aromatic heterocycles. The van der Waals surface area contributed by atoms with E-state index in [-0.39, 0.29) is 18.9 Å². The quantitative estimate of drug-likeness (QED) is 0.943. The molecule has 1 N–H and O–H groups in total. The molecule has 1 aliphatic rings. The summed E-state index contributed by atoms with van der Waals surface area (Å²) < 4.78 is 5.33.